The van der Waals surface area contributed by atoms with Gasteiger partial charge in [0.1, 0.15) is 0 Å². The molecule has 2 heterocycles. The molecule has 0 N–H and O–H groups in total. The second-order valence-electron chi connectivity index (χ2n) is 5.82. The van der Waals surface area contributed by atoms with Crippen molar-refractivity contribution >= 4 is 0 Å². The predicted molar refractivity (Wildman–Crippen MR) is 55.8 cm³/mol. The fourth-order valence-electron chi connectivity index (χ4n) is 2.78. The molecule has 0 aromatic rings. The molecule has 2 fully saturated rings. The van der Waals surface area contributed by atoms with Gasteiger partial charge in [-0.3, -0.25) is 4.90 Å². The summed E-state index contributed by atoms with van der Waals surface area (Å²) in [6.07, 6.45) is 0. The van der Waals surface area contributed by atoms with Crippen LogP contribution in [-0.2, 0) is 0 Å². The summed E-state index contributed by atoms with van der Waals surface area (Å²) in [5, 5.41) is 0. The molecular weight excluding hydrogens is 160 g/mol. The number of hydrogen-bond donors (Lipinski definition) is 0. The van der Waals surface area contributed by atoms with E-state index >= 15 is 0 Å². The predicted octanol–water partition coefficient (Wildman–Crippen LogP) is 1.28. The fraction of sp³-hybridized carbons (Fsp3) is 1.00. The van der Waals surface area contributed by atoms with E-state index in [2.05, 4.69) is 37.6 Å². The Hall–Kier alpha value is -0.0800. The summed E-state index contributed by atoms with van der Waals surface area (Å²) in [4.78, 5) is 5.13. The molecule has 2 nitrogen and oxygen atoms in total. The molecule has 13 heavy (non-hydrogen) atoms. The second kappa shape index (κ2) is 2.96. The minimum absolute atomic E-state index is 0.378. The molecule has 0 spiro atoms. The zero-order valence-electron chi connectivity index (χ0n) is 9.38. The van der Waals surface area contributed by atoms with Crippen LogP contribution in [0.2, 0.25) is 0 Å². The minimum Gasteiger partial charge on any atom is -0.306 e. The van der Waals surface area contributed by atoms with Crippen molar-refractivity contribution in [1.82, 2.24) is 9.80 Å². The van der Waals surface area contributed by atoms with Crippen molar-refractivity contribution in [1.29, 1.82) is 0 Å². The highest BCUT2D eigenvalue weighted by molar-refractivity contribution is 4.95. The van der Waals surface area contributed by atoms with Crippen LogP contribution in [0.4, 0.5) is 0 Å². The first kappa shape index (κ1) is 9.47. The van der Waals surface area contributed by atoms with Crippen LogP contribution in [0.1, 0.15) is 20.8 Å². The molecule has 2 aliphatic heterocycles. The summed E-state index contributed by atoms with van der Waals surface area (Å²) in [6.45, 7) is 12.3. The first-order chi connectivity index (χ1) is 5.97. The Bertz CT molecular complexity index is 181. The van der Waals surface area contributed by atoms with E-state index in [0.717, 1.165) is 11.8 Å². The van der Waals surface area contributed by atoms with Crippen LogP contribution < -0.4 is 0 Å². The van der Waals surface area contributed by atoms with Gasteiger partial charge >= 0.3 is 0 Å². The van der Waals surface area contributed by atoms with Gasteiger partial charge in [0.2, 0.25) is 0 Å². The quantitative estimate of drug-likeness (QED) is 0.557. The molecule has 76 valence electrons. The number of fused-ring (bicyclic) bond motifs is 1. The molecule has 0 aromatic carbocycles. The number of likely N-dealkylation sites (tertiary alicyclic amines) is 2. The smallest absolute Gasteiger partial charge is 0.0125 e. The molecule has 0 unspecified atom stereocenters. The number of rotatable bonds is 0. The van der Waals surface area contributed by atoms with Crippen molar-refractivity contribution in [3.8, 4) is 0 Å². The molecule has 0 bridgehead atoms. The highest BCUT2D eigenvalue weighted by Gasteiger charge is 2.41. The lowest BCUT2D eigenvalue weighted by atomic mass is 10.0. The van der Waals surface area contributed by atoms with Crippen molar-refractivity contribution in [2.75, 3.05) is 33.2 Å². The molecule has 2 aliphatic rings. The van der Waals surface area contributed by atoms with E-state index in [9.17, 15) is 0 Å². The van der Waals surface area contributed by atoms with Crippen LogP contribution in [0.3, 0.4) is 0 Å². The highest BCUT2D eigenvalue weighted by atomic mass is 15.3. The van der Waals surface area contributed by atoms with Crippen LogP contribution in [0.5, 0.6) is 0 Å². The van der Waals surface area contributed by atoms with Crippen LogP contribution in [0.25, 0.3) is 0 Å². The van der Waals surface area contributed by atoms with Gasteiger partial charge in [0, 0.05) is 31.7 Å². The highest BCUT2D eigenvalue weighted by Crippen LogP contribution is 2.33. The number of hydrogen-bond acceptors (Lipinski definition) is 2. The van der Waals surface area contributed by atoms with Crippen molar-refractivity contribution in [2.24, 2.45) is 11.8 Å². The van der Waals surface area contributed by atoms with Gasteiger partial charge in [-0.15, -0.1) is 0 Å². The Morgan fingerprint density at radius 3 is 1.77 bits per heavy atom. The molecule has 0 radical (unpaired) electrons. The lowest BCUT2D eigenvalue weighted by Crippen LogP contribution is -2.41. The molecule has 0 aliphatic carbocycles. The molecule has 2 atom stereocenters. The monoisotopic (exact) mass is 182 g/mol. The van der Waals surface area contributed by atoms with Crippen LogP contribution in [-0.4, -0.2) is 48.6 Å². The van der Waals surface area contributed by atoms with Crippen molar-refractivity contribution in [3.05, 3.63) is 0 Å². The third-order valence-corrected chi connectivity index (χ3v) is 3.62. The fourth-order valence-corrected chi connectivity index (χ4v) is 2.78. The van der Waals surface area contributed by atoms with Gasteiger partial charge in [0.05, 0.1) is 0 Å². The van der Waals surface area contributed by atoms with E-state index in [-0.39, 0.29) is 0 Å². The number of nitrogens with zero attached hydrogens (tertiary/aromatic N) is 2. The average molecular weight is 182 g/mol. The largest absolute Gasteiger partial charge is 0.306 e. The Balaban J connectivity index is 1.98. The van der Waals surface area contributed by atoms with Crippen LogP contribution in [0, 0.1) is 11.8 Å². The normalized spacial score (nSPS) is 36.9. The van der Waals surface area contributed by atoms with Gasteiger partial charge in [0.15, 0.2) is 0 Å². The van der Waals surface area contributed by atoms with E-state index in [1.807, 2.05) is 0 Å². The van der Waals surface area contributed by atoms with Crippen LogP contribution >= 0.6 is 0 Å². The summed E-state index contributed by atoms with van der Waals surface area (Å²) in [5.41, 5.74) is 0.378. The van der Waals surface area contributed by atoms with Gasteiger partial charge in [-0.25, -0.2) is 0 Å². The van der Waals surface area contributed by atoms with Gasteiger partial charge in [-0.2, -0.15) is 0 Å². The molecule has 2 rings (SSSR count). The maximum Gasteiger partial charge on any atom is 0.0125 e. The second-order valence-corrected chi connectivity index (χ2v) is 5.82. The van der Waals surface area contributed by atoms with E-state index in [1.165, 1.54) is 26.2 Å². The van der Waals surface area contributed by atoms with E-state index in [1.54, 1.807) is 0 Å². The first-order valence-corrected chi connectivity index (χ1v) is 5.40. The molecule has 2 saturated heterocycles. The zero-order chi connectivity index (χ0) is 9.64. The zero-order valence-corrected chi connectivity index (χ0v) is 9.38. The van der Waals surface area contributed by atoms with Gasteiger partial charge in [0.25, 0.3) is 0 Å². The van der Waals surface area contributed by atoms with Crippen molar-refractivity contribution in [3.63, 3.8) is 0 Å². The van der Waals surface area contributed by atoms with Gasteiger partial charge in [-0.1, -0.05) is 0 Å². The summed E-state index contributed by atoms with van der Waals surface area (Å²) in [7, 11) is 2.25. The maximum atomic E-state index is 2.65. The molecule has 0 amide bonds. The van der Waals surface area contributed by atoms with E-state index in [4.69, 9.17) is 0 Å². The van der Waals surface area contributed by atoms with Crippen molar-refractivity contribution in [2.45, 2.75) is 26.3 Å². The summed E-state index contributed by atoms with van der Waals surface area (Å²) >= 11 is 0. The first-order valence-electron chi connectivity index (χ1n) is 5.40. The van der Waals surface area contributed by atoms with Crippen LogP contribution in [0.15, 0.2) is 0 Å². The van der Waals surface area contributed by atoms with Gasteiger partial charge in [-0.05, 0) is 39.7 Å². The molecule has 2 heteroatoms. The molecular formula is C11H22N2. The standard InChI is InChI=1S/C11H22N2/c1-11(2,3)13-7-9-5-12(4)6-10(9)8-13/h9-10H,5-8H2,1-4H3/t9-,10-/m0/s1. The summed E-state index contributed by atoms with van der Waals surface area (Å²) in [6, 6.07) is 0. The summed E-state index contributed by atoms with van der Waals surface area (Å²) < 4.78 is 0. The lowest BCUT2D eigenvalue weighted by Gasteiger charge is -2.32. The minimum atomic E-state index is 0.378. The maximum absolute atomic E-state index is 2.65. The Morgan fingerprint density at radius 1 is 0.923 bits per heavy atom. The topological polar surface area (TPSA) is 6.48 Å². The van der Waals surface area contributed by atoms with E-state index < -0.39 is 0 Å². The lowest BCUT2D eigenvalue weighted by molar-refractivity contribution is 0.153. The molecule has 0 aromatic heterocycles. The molecule has 0 saturated carbocycles. The Labute approximate surface area is 81.9 Å². The third kappa shape index (κ3) is 1.75. The Kier molecular flexibility index (Phi) is 2.16. The van der Waals surface area contributed by atoms with E-state index in [0.29, 0.717) is 5.54 Å². The average Bonchev–Trinajstić information content (AvgIpc) is 2.40. The van der Waals surface area contributed by atoms with Crippen molar-refractivity contribution < 1.29 is 0 Å². The SMILES string of the molecule is CN1C[C@H]2CN(C(C)(C)C)C[C@@H]2C1. The Morgan fingerprint density at radius 2 is 1.38 bits per heavy atom. The summed E-state index contributed by atoms with van der Waals surface area (Å²) in [5.74, 6) is 1.90. The van der Waals surface area contributed by atoms with Gasteiger partial charge < -0.3 is 4.90 Å². The third-order valence-electron chi connectivity index (χ3n) is 3.62.